The second kappa shape index (κ2) is 7.43. The van der Waals surface area contributed by atoms with E-state index < -0.39 is 39.6 Å². The first-order valence-corrected chi connectivity index (χ1v) is 4.95. The fraction of sp³-hybridized carbons (Fsp3) is 0.100. The number of quaternary nitrogens is 1. The minimum atomic E-state index is -1.77. The number of rotatable bonds is 4. The van der Waals surface area contributed by atoms with Gasteiger partial charge >= 0.3 is 11.9 Å². The molecule has 0 aliphatic heterocycles. The van der Waals surface area contributed by atoms with Crippen LogP contribution in [0.1, 0.15) is 20.7 Å². The molecule has 10 heteroatoms. The van der Waals surface area contributed by atoms with Crippen molar-refractivity contribution in [3.8, 4) is 0 Å². The number of aliphatic carboxylic acids is 1. The Labute approximate surface area is 111 Å². The molecule has 0 atom stereocenters. The number of nitrogens with zero attached hydrogens (tertiary/aromatic N) is 1. The molecule has 0 fully saturated rings. The van der Waals surface area contributed by atoms with Gasteiger partial charge in [0.15, 0.2) is 6.54 Å². The first-order valence-electron chi connectivity index (χ1n) is 4.95. The number of benzene rings is 1. The van der Waals surface area contributed by atoms with E-state index in [1.54, 1.807) is 0 Å². The number of hydrogen-bond donors (Lipinski definition) is 3. The van der Waals surface area contributed by atoms with Crippen LogP contribution in [-0.2, 0) is 4.79 Å². The molecular formula is C10H10N2O8. The largest absolute Gasteiger partial charge is 0.545 e. The van der Waals surface area contributed by atoms with E-state index in [9.17, 15) is 29.6 Å². The molecule has 0 heterocycles. The molecule has 1 aromatic carbocycles. The fourth-order valence-corrected chi connectivity index (χ4v) is 1.09. The first-order chi connectivity index (χ1) is 9.22. The number of hydrogen-bond acceptors (Lipinski definition) is 6. The molecule has 0 saturated heterocycles. The highest BCUT2D eigenvalue weighted by Crippen LogP contribution is 2.21. The van der Waals surface area contributed by atoms with Crippen molar-refractivity contribution in [3.05, 3.63) is 39.4 Å². The van der Waals surface area contributed by atoms with E-state index in [2.05, 4.69) is 5.73 Å². The molecule has 1 aromatic rings. The molecule has 5 N–H and O–H groups in total. The van der Waals surface area contributed by atoms with Crippen molar-refractivity contribution >= 4 is 23.6 Å². The summed E-state index contributed by atoms with van der Waals surface area (Å²) in [6.45, 7) is -0.0278. The minimum absolute atomic E-state index is 0.0278. The van der Waals surface area contributed by atoms with Gasteiger partial charge in [0.25, 0.3) is 5.69 Å². The van der Waals surface area contributed by atoms with Crippen molar-refractivity contribution in [2.45, 2.75) is 0 Å². The standard InChI is InChI=1S/C8H5NO6.C2H5NO2/c10-7(11)4-2-1-3-5(9(14)15)6(4)8(12)13;3-1-2(4)5/h1-3H,(H,10,11)(H,12,13);1,3H2,(H,4,5). The Hall–Kier alpha value is -3.01. The summed E-state index contributed by atoms with van der Waals surface area (Å²) in [5, 5.41) is 37.2. The molecule has 0 aromatic heterocycles. The molecule has 0 bridgehead atoms. The Morgan fingerprint density at radius 2 is 1.75 bits per heavy atom. The van der Waals surface area contributed by atoms with Crippen molar-refractivity contribution in [1.82, 2.24) is 0 Å². The number of carbonyl (C=O) groups excluding carboxylic acids is 1. The van der Waals surface area contributed by atoms with Gasteiger partial charge < -0.3 is 25.8 Å². The zero-order valence-corrected chi connectivity index (χ0v) is 9.94. The summed E-state index contributed by atoms with van der Waals surface area (Å²) in [5.74, 6) is -4.30. The normalized spacial score (nSPS) is 9.05. The van der Waals surface area contributed by atoms with Gasteiger partial charge in [-0.05, 0) is 0 Å². The second-order valence-electron chi connectivity index (χ2n) is 3.19. The summed E-state index contributed by atoms with van der Waals surface area (Å²) in [6, 6.07) is 2.93. The summed E-state index contributed by atoms with van der Waals surface area (Å²) in [7, 11) is 0. The lowest BCUT2D eigenvalue weighted by molar-refractivity contribution is -0.385. The molecule has 0 aliphatic rings. The van der Waals surface area contributed by atoms with Crippen LogP contribution in [-0.4, -0.2) is 39.6 Å². The average Bonchev–Trinajstić information content (AvgIpc) is 2.38. The first kappa shape index (κ1) is 17.0. The fourth-order valence-electron chi connectivity index (χ4n) is 1.09. The molecule has 0 aliphatic carbocycles. The molecule has 0 unspecified atom stereocenters. The van der Waals surface area contributed by atoms with Crippen LogP contribution >= 0.6 is 0 Å². The van der Waals surface area contributed by atoms with Crippen molar-refractivity contribution in [1.29, 1.82) is 0 Å². The number of nitro groups is 1. The summed E-state index contributed by atoms with van der Waals surface area (Å²) >= 11 is 0. The van der Waals surface area contributed by atoms with Crippen LogP contribution in [0.2, 0.25) is 0 Å². The lowest BCUT2D eigenvalue weighted by Crippen LogP contribution is -2.54. The minimum Gasteiger partial charge on any atom is -0.545 e. The van der Waals surface area contributed by atoms with E-state index in [0.29, 0.717) is 0 Å². The lowest BCUT2D eigenvalue weighted by Gasteiger charge is -2.06. The summed E-state index contributed by atoms with van der Waals surface area (Å²) in [5.41, 5.74) is 0.728. The average molecular weight is 286 g/mol. The summed E-state index contributed by atoms with van der Waals surface area (Å²) in [6.07, 6.45) is 0. The van der Waals surface area contributed by atoms with Gasteiger partial charge in [0.05, 0.1) is 10.9 Å². The van der Waals surface area contributed by atoms with Gasteiger partial charge in [-0.3, -0.25) is 10.1 Å². The van der Waals surface area contributed by atoms with E-state index in [-0.39, 0.29) is 6.54 Å². The highest BCUT2D eigenvalue weighted by atomic mass is 16.6. The molecule has 0 spiro atoms. The number of aromatic carboxylic acids is 2. The SMILES string of the molecule is O=C([O-])c1cccc([N+](=O)[O-])c1C(=O)O.[NH3+]CC(=O)O. The van der Waals surface area contributed by atoms with Gasteiger partial charge in [-0.15, -0.1) is 0 Å². The monoisotopic (exact) mass is 286 g/mol. The van der Waals surface area contributed by atoms with Crippen molar-refractivity contribution < 1.29 is 40.4 Å². The van der Waals surface area contributed by atoms with Crippen LogP contribution in [0.15, 0.2) is 18.2 Å². The Morgan fingerprint density at radius 3 is 2.05 bits per heavy atom. The number of carbonyl (C=O) groups is 3. The van der Waals surface area contributed by atoms with E-state index in [4.69, 9.17) is 10.2 Å². The Balaban J connectivity index is 0.000000621. The maximum absolute atomic E-state index is 10.7. The Kier molecular flexibility index (Phi) is 6.31. The molecule has 0 saturated carbocycles. The molecule has 0 amide bonds. The third kappa shape index (κ3) is 4.70. The third-order valence-corrected chi connectivity index (χ3v) is 1.89. The van der Waals surface area contributed by atoms with E-state index in [1.807, 2.05) is 0 Å². The molecule has 1 rings (SSSR count). The highest BCUT2D eigenvalue weighted by Gasteiger charge is 2.23. The molecule has 20 heavy (non-hydrogen) atoms. The summed E-state index contributed by atoms with van der Waals surface area (Å²) in [4.78, 5) is 39.9. The van der Waals surface area contributed by atoms with Crippen LogP contribution < -0.4 is 10.8 Å². The van der Waals surface area contributed by atoms with Gasteiger partial charge in [0, 0.05) is 11.6 Å². The highest BCUT2D eigenvalue weighted by molar-refractivity contribution is 6.03. The second-order valence-corrected chi connectivity index (χ2v) is 3.19. The van der Waals surface area contributed by atoms with Crippen molar-refractivity contribution in [2.75, 3.05) is 6.54 Å². The Morgan fingerprint density at radius 1 is 1.25 bits per heavy atom. The summed E-state index contributed by atoms with van der Waals surface area (Å²) < 4.78 is 0. The van der Waals surface area contributed by atoms with Crippen LogP contribution in [0.3, 0.4) is 0 Å². The number of carboxylic acid groups (broad SMARTS) is 3. The van der Waals surface area contributed by atoms with Crippen LogP contribution in [0.4, 0.5) is 5.69 Å². The maximum atomic E-state index is 10.7. The predicted molar refractivity (Wildman–Crippen MR) is 59.8 cm³/mol. The van der Waals surface area contributed by atoms with Crippen molar-refractivity contribution in [2.24, 2.45) is 0 Å². The third-order valence-electron chi connectivity index (χ3n) is 1.89. The van der Waals surface area contributed by atoms with Gasteiger partial charge in [-0.25, -0.2) is 9.59 Å². The van der Waals surface area contributed by atoms with E-state index in [0.717, 1.165) is 18.2 Å². The van der Waals surface area contributed by atoms with Gasteiger partial charge in [0.1, 0.15) is 5.56 Å². The van der Waals surface area contributed by atoms with Crippen LogP contribution in [0.25, 0.3) is 0 Å². The molecule has 10 nitrogen and oxygen atoms in total. The number of nitro benzene ring substituents is 1. The van der Waals surface area contributed by atoms with E-state index >= 15 is 0 Å². The quantitative estimate of drug-likeness (QED) is 0.417. The van der Waals surface area contributed by atoms with Gasteiger partial charge in [-0.1, -0.05) is 12.1 Å². The predicted octanol–water partition coefficient (Wildman–Crippen LogP) is -2.03. The molecule has 0 radical (unpaired) electrons. The zero-order valence-electron chi connectivity index (χ0n) is 9.94. The lowest BCUT2D eigenvalue weighted by atomic mass is 10.1. The Bertz CT molecular complexity index is 522. The molecular weight excluding hydrogens is 276 g/mol. The maximum Gasteiger partial charge on any atom is 0.359 e. The van der Waals surface area contributed by atoms with Crippen LogP contribution in [0, 0.1) is 10.1 Å². The smallest absolute Gasteiger partial charge is 0.359 e. The topological polar surface area (TPSA) is 186 Å². The van der Waals surface area contributed by atoms with Crippen molar-refractivity contribution in [3.63, 3.8) is 0 Å². The number of carboxylic acids is 3. The van der Waals surface area contributed by atoms with Crippen LogP contribution in [0.5, 0.6) is 0 Å². The zero-order chi connectivity index (χ0) is 15.9. The van der Waals surface area contributed by atoms with Gasteiger partial charge in [-0.2, -0.15) is 0 Å². The molecule has 108 valence electrons. The van der Waals surface area contributed by atoms with E-state index in [1.165, 1.54) is 0 Å². The van der Waals surface area contributed by atoms with Gasteiger partial charge in [0.2, 0.25) is 0 Å².